The van der Waals surface area contributed by atoms with Gasteiger partial charge in [-0.1, -0.05) is 19.8 Å². The summed E-state index contributed by atoms with van der Waals surface area (Å²) in [6, 6.07) is 8.11. The van der Waals surface area contributed by atoms with Crippen LogP contribution in [-0.2, 0) is 15.6 Å². The number of halogens is 1. The highest BCUT2D eigenvalue weighted by Gasteiger charge is 2.52. The van der Waals surface area contributed by atoms with E-state index in [-0.39, 0.29) is 11.5 Å². The Balaban J connectivity index is 1.81. The number of methoxy groups -OCH3 is 1. The second-order valence-electron chi connectivity index (χ2n) is 8.63. The number of benzene rings is 1. The zero-order valence-electron chi connectivity index (χ0n) is 20.1. The van der Waals surface area contributed by atoms with Crippen LogP contribution in [0.1, 0.15) is 38.7 Å². The van der Waals surface area contributed by atoms with Crippen molar-refractivity contribution in [2.24, 2.45) is 0 Å². The van der Waals surface area contributed by atoms with Crippen LogP contribution in [0.2, 0.25) is 0 Å². The number of aromatic nitrogens is 2. The van der Waals surface area contributed by atoms with E-state index in [1.165, 1.54) is 13.1 Å². The highest BCUT2D eigenvalue weighted by atomic mass is 32.2. The molecule has 0 amide bonds. The number of fused-ring (bicyclic) bond motifs is 1. The standard InChI is InChI=1S/C24H29FN6O3S/c1-5-6-10-24(15(2)35(32,33)31(3)23(26)30-24)19-13-17(7-8-20(19)25)29-22-21-16(9-11-27-22)12-18(34-4)14-28-21/h7-9,11-15H,5-6,10H2,1-4H3,(H2,26,30)(H,27,29)/t15-,24+/m1/s1. The number of pyridine rings is 2. The Kier molecular flexibility index (Phi) is 6.54. The van der Waals surface area contributed by atoms with E-state index in [0.29, 0.717) is 35.6 Å². The molecule has 4 rings (SSSR count). The predicted octanol–water partition coefficient (Wildman–Crippen LogP) is 4.09. The second kappa shape index (κ2) is 9.29. The minimum absolute atomic E-state index is 0.180. The van der Waals surface area contributed by atoms with Crippen LogP contribution in [0.4, 0.5) is 15.9 Å². The molecule has 1 aliphatic heterocycles. The molecule has 0 aliphatic carbocycles. The molecule has 2 atom stereocenters. The molecule has 0 saturated carbocycles. The number of hydrogen-bond donors (Lipinski definition) is 3. The molecule has 2 aromatic heterocycles. The van der Waals surface area contributed by atoms with Gasteiger partial charge in [-0.15, -0.1) is 0 Å². The molecule has 35 heavy (non-hydrogen) atoms. The van der Waals surface area contributed by atoms with Gasteiger partial charge in [0.05, 0.1) is 18.8 Å². The molecule has 0 bridgehead atoms. The lowest BCUT2D eigenvalue weighted by molar-refractivity contribution is 0.295. The van der Waals surface area contributed by atoms with Crippen molar-refractivity contribution >= 4 is 38.4 Å². The molecule has 11 heteroatoms. The van der Waals surface area contributed by atoms with Gasteiger partial charge in [0.1, 0.15) is 22.3 Å². The highest BCUT2D eigenvalue weighted by Crippen LogP contribution is 2.41. The van der Waals surface area contributed by atoms with Crippen molar-refractivity contribution in [2.45, 2.75) is 43.9 Å². The first-order chi connectivity index (χ1) is 16.6. The summed E-state index contributed by atoms with van der Waals surface area (Å²) in [7, 11) is -0.983. The van der Waals surface area contributed by atoms with Gasteiger partial charge in [0, 0.05) is 29.9 Å². The van der Waals surface area contributed by atoms with Gasteiger partial charge in [0.15, 0.2) is 5.82 Å². The van der Waals surface area contributed by atoms with Crippen LogP contribution in [0.3, 0.4) is 0 Å². The molecule has 0 unspecified atom stereocenters. The van der Waals surface area contributed by atoms with E-state index in [1.807, 2.05) is 19.1 Å². The van der Waals surface area contributed by atoms with Crippen molar-refractivity contribution in [2.75, 3.05) is 19.5 Å². The molecular formula is C24H29FN6O3S. The van der Waals surface area contributed by atoms with E-state index >= 15 is 4.39 Å². The fraction of sp³-hybridized carbons (Fsp3) is 0.375. The lowest BCUT2D eigenvalue weighted by atomic mass is 9.81. The van der Waals surface area contributed by atoms with Crippen molar-refractivity contribution in [3.8, 4) is 5.75 Å². The summed E-state index contributed by atoms with van der Waals surface area (Å²) in [5.41, 5.74) is -0.000585. The number of ether oxygens (including phenoxy) is 1. The Hall–Kier alpha value is -3.47. The molecule has 1 aliphatic rings. The smallest absolute Gasteiger partial charge is 0.242 e. The number of nitrogens with one attached hydrogen (secondary N) is 3. The quantitative estimate of drug-likeness (QED) is 0.447. The molecule has 1 saturated heterocycles. The van der Waals surface area contributed by atoms with Gasteiger partial charge in [-0.3, -0.25) is 5.41 Å². The Labute approximate surface area is 204 Å². The van der Waals surface area contributed by atoms with Crippen molar-refractivity contribution < 1.29 is 17.5 Å². The van der Waals surface area contributed by atoms with Gasteiger partial charge in [-0.25, -0.2) is 27.1 Å². The van der Waals surface area contributed by atoms with Crippen LogP contribution in [0.5, 0.6) is 5.75 Å². The zero-order valence-corrected chi connectivity index (χ0v) is 20.9. The predicted molar refractivity (Wildman–Crippen MR) is 134 cm³/mol. The van der Waals surface area contributed by atoms with Crippen molar-refractivity contribution in [1.82, 2.24) is 19.6 Å². The number of hydrogen-bond acceptors (Lipinski definition) is 7. The second-order valence-corrected chi connectivity index (χ2v) is 10.9. The molecule has 3 aromatic rings. The zero-order chi connectivity index (χ0) is 25.4. The van der Waals surface area contributed by atoms with Crippen LogP contribution in [0.15, 0.2) is 42.7 Å². The maximum atomic E-state index is 15.4. The fourth-order valence-electron chi connectivity index (χ4n) is 4.48. The van der Waals surface area contributed by atoms with Gasteiger partial charge in [0.2, 0.25) is 16.0 Å². The van der Waals surface area contributed by atoms with Crippen LogP contribution in [0.25, 0.3) is 10.9 Å². The third-order valence-corrected chi connectivity index (χ3v) is 8.87. The summed E-state index contributed by atoms with van der Waals surface area (Å²) in [6.07, 6.45) is 5.00. The Morgan fingerprint density at radius 3 is 2.77 bits per heavy atom. The maximum Gasteiger partial charge on any atom is 0.242 e. The number of unbranched alkanes of at least 4 members (excludes halogenated alkanes) is 1. The molecule has 3 N–H and O–H groups in total. The summed E-state index contributed by atoms with van der Waals surface area (Å²) in [5.74, 6) is 0.246. The molecular weight excluding hydrogens is 471 g/mol. The van der Waals surface area contributed by atoms with E-state index in [1.54, 1.807) is 38.6 Å². The fourth-order valence-corrected chi connectivity index (χ4v) is 6.06. The third-order valence-electron chi connectivity index (χ3n) is 6.62. The van der Waals surface area contributed by atoms with Gasteiger partial charge in [-0.05, 0) is 43.7 Å². The Bertz CT molecular complexity index is 1380. The largest absolute Gasteiger partial charge is 0.495 e. The van der Waals surface area contributed by atoms with Crippen LogP contribution in [0, 0.1) is 11.2 Å². The summed E-state index contributed by atoms with van der Waals surface area (Å²) >= 11 is 0. The van der Waals surface area contributed by atoms with E-state index in [9.17, 15) is 8.42 Å². The molecule has 3 heterocycles. The molecule has 0 spiro atoms. The van der Waals surface area contributed by atoms with Crippen LogP contribution < -0.4 is 15.4 Å². The summed E-state index contributed by atoms with van der Waals surface area (Å²) in [4.78, 5) is 8.82. The van der Waals surface area contributed by atoms with Crippen molar-refractivity contribution in [3.05, 3.63) is 54.1 Å². The number of anilines is 2. The highest BCUT2D eigenvalue weighted by molar-refractivity contribution is 7.90. The average Bonchev–Trinajstić information content (AvgIpc) is 2.85. The van der Waals surface area contributed by atoms with Crippen molar-refractivity contribution in [1.29, 1.82) is 5.41 Å². The SMILES string of the molecule is CCCC[C@]1(c2cc(Nc3nccc4cc(OC)cnc34)ccc2F)NC(=N)N(C)S(=O)(=O)[C@@H]1C. The van der Waals surface area contributed by atoms with E-state index in [4.69, 9.17) is 10.1 Å². The van der Waals surface area contributed by atoms with Gasteiger partial charge < -0.3 is 15.4 Å². The average molecular weight is 501 g/mol. The van der Waals surface area contributed by atoms with E-state index in [2.05, 4.69) is 20.6 Å². The molecule has 1 aromatic carbocycles. The molecule has 9 nitrogen and oxygen atoms in total. The summed E-state index contributed by atoms with van der Waals surface area (Å²) in [6.45, 7) is 3.54. The minimum atomic E-state index is -3.87. The first-order valence-electron chi connectivity index (χ1n) is 11.3. The maximum absolute atomic E-state index is 15.4. The van der Waals surface area contributed by atoms with Gasteiger partial charge >= 0.3 is 0 Å². The topological polar surface area (TPSA) is 120 Å². The number of sulfonamides is 1. The number of nitrogens with zero attached hydrogens (tertiary/aromatic N) is 3. The van der Waals surface area contributed by atoms with E-state index in [0.717, 1.165) is 16.1 Å². The monoisotopic (exact) mass is 500 g/mol. The molecule has 186 valence electrons. The number of rotatable bonds is 7. The Morgan fingerprint density at radius 2 is 2.06 bits per heavy atom. The van der Waals surface area contributed by atoms with Gasteiger partial charge in [-0.2, -0.15) is 0 Å². The normalized spacial score (nSPS) is 21.6. The van der Waals surface area contributed by atoms with Crippen molar-refractivity contribution in [3.63, 3.8) is 0 Å². The first kappa shape index (κ1) is 24.6. The van der Waals surface area contributed by atoms with E-state index < -0.39 is 26.6 Å². The van der Waals surface area contributed by atoms with Crippen LogP contribution in [-0.4, -0.2) is 48.1 Å². The first-order valence-corrected chi connectivity index (χ1v) is 12.8. The lowest BCUT2D eigenvalue weighted by Gasteiger charge is -2.47. The Morgan fingerprint density at radius 1 is 1.29 bits per heavy atom. The lowest BCUT2D eigenvalue weighted by Crippen LogP contribution is -2.66. The number of guanidine groups is 1. The molecule has 0 radical (unpaired) electrons. The van der Waals surface area contributed by atoms with Crippen LogP contribution >= 0.6 is 0 Å². The third kappa shape index (κ3) is 4.24. The van der Waals surface area contributed by atoms with Gasteiger partial charge in [0.25, 0.3) is 0 Å². The summed E-state index contributed by atoms with van der Waals surface area (Å²) in [5, 5.41) is 14.3. The molecule has 1 fully saturated rings. The summed E-state index contributed by atoms with van der Waals surface area (Å²) < 4.78 is 47.8. The minimum Gasteiger partial charge on any atom is -0.495 e.